The zero-order chi connectivity index (χ0) is 16.1. The van der Waals surface area contributed by atoms with Crippen LogP contribution < -0.4 is 5.32 Å². The molecule has 0 fully saturated rings. The van der Waals surface area contributed by atoms with Gasteiger partial charge in [0.05, 0.1) is 6.33 Å². The van der Waals surface area contributed by atoms with Gasteiger partial charge in [-0.05, 0) is 18.9 Å². The minimum absolute atomic E-state index is 0.688. The molecule has 2 heterocycles. The Hall–Kier alpha value is -2.34. The summed E-state index contributed by atoms with van der Waals surface area (Å²) in [6.07, 6.45) is 2.56. The van der Waals surface area contributed by atoms with E-state index < -0.39 is 0 Å². The lowest BCUT2D eigenvalue weighted by Crippen LogP contribution is -2.05. The van der Waals surface area contributed by atoms with E-state index in [1.54, 1.807) is 18.1 Å². The van der Waals surface area contributed by atoms with Crippen LogP contribution in [0.4, 0.5) is 5.82 Å². The van der Waals surface area contributed by atoms with Crippen LogP contribution in [0.15, 0.2) is 54.0 Å². The van der Waals surface area contributed by atoms with Gasteiger partial charge in [-0.2, -0.15) is 0 Å². The Morgan fingerprint density at radius 1 is 1.26 bits per heavy atom. The van der Waals surface area contributed by atoms with Crippen molar-refractivity contribution < 1.29 is 0 Å². The van der Waals surface area contributed by atoms with Gasteiger partial charge in [0, 0.05) is 12.3 Å². The number of rotatable bonds is 7. The van der Waals surface area contributed by atoms with Crippen molar-refractivity contribution in [2.24, 2.45) is 0 Å². The Kier molecular flexibility index (Phi) is 4.92. The van der Waals surface area contributed by atoms with Crippen molar-refractivity contribution in [2.45, 2.75) is 24.3 Å². The number of nitrogens with zero attached hydrogens (tertiary/aromatic N) is 3. The Morgan fingerprint density at radius 2 is 2.09 bits per heavy atom. The van der Waals surface area contributed by atoms with Crippen LogP contribution in [-0.4, -0.2) is 26.5 Å². The van der Waals surface area contributed by atoms with Crippen molar-refractivity contribution in [3.63, 3.8) is 0 Å². The smallest absolute Gasteiger partial charge is 0.192 e. The third kappa shape index (κ3) is 4.10. The first kappa shape index (κ1) is 15.6. The molecule has 5 nitrogen and oxygen atoms in total. The van der Waals surface area contributed by atoms with Crippen LogP contribution in [0.5, 0.6) is 0 Å². The summed E-state index contributed by atoms with van der Waals surface area (Å²) in [5.74, 6) is 1.63. The largest absolute Gasteiger partial charge is 0.368 e. The molecule has 2 N–H and O–H groups in total. The van der Waals surface area contributed by atoms with Gasteiger partial charge in [-0.15, -0.1) is 6.58 Å². The molecule has 0 spiro atoms. The van der Waals surface area contributed by atoms with Crippen molar-refractivity contribution in [1.82, 2.24) is 19.9 Å². The van der Waals surface area contributed by atoms with Crippen LogP contribution in [0.2, 0.25) is 0 Å². The number of aromatic amines is 1. The summed E-state index contributed by atoms with van der Waals surface area (Å²) < 4.78 is 0. The molecule has 0 aliphatic rings. The highest BCUT2D eigenvalue weighted by atomic mass is 32.2. The highest BCUT2D eigenvalue weighted by Gasteiger charge is 2.10. The number of hydrogen-bond acceptors (Lipinski definition) is 5. The van der Waals surface area contributed by atoms with E-state index in [9.17, 15) is 0 Å². The van der Waals surface area contributed by atoms with Gasteiger partial charge >= 0.3 is 0 Å². The summed E-state index contributed by atoms with van der Waals surface area (Å²) >= 11 is 1.61. The maximum atomic E-state index is 4.62. The topological polar surface area (TPSA) is 66.5 Å². The molecule has 1 aromatic carbocycles. The van der Waals surface area contributed by atoms with Crippen molar-refractivity contribution in [1.29, 1.82) is 0 Å². The fourth-order valence-electron chi connectivity index (χ4n) is 2.12. The van der Waals surface area contributed by atoms with Gasteiger partial charge in [0.15, 0.2) is 16.6 Å². The first-order chi connectivity index (χ1) is 11.2. The summed E-state index contributed by atoms with van der Waals surface area (Å²) in [6, 6.07) is 10.3. The predicted molar refractivity (Wildman–Crippen MR) is 95.6 cm³/mol. The molecule has 6 heteroatoms. The molecule has 0 amide bonds. The van der Waals surface area contributed by atoms with E-state index >= 15 is 0 Å². The van der Waals surface area contributed by atoms with Crippen LogP contribution in [0, 0.1) is 0 Å². The minimum Gasteiger partial charge on any atom is -0.368 e. The molecule has 23 heavy (non-hydrogen) atoms. The zero-order valence-electron chi connectivity index (χ0n) is 13.0. The molecule has 2 aromatic heterocycles. The molecule has 0 saturated heterocycles. The van der Waals surface area contributed by atoms with E-state index in [4.69, 9.17) is 0 Å². The number of thioether (sulfide) groups is 1. The van der Waals surface area contributed by atoms with E-state index in [0.29, 0.717) is 5.65 Å². The standard InChI is InChI=1S/C17H19N5S/c1-12(2)8-9-18-15-14-16(20-11-19-14)22-17(21-15)23-10-13-6-4-3-5-7-13/h3-7,11H,1,8-10H2,2H3,(H2,18,19,20,21,22). The van der Waals surface area contributed by atoms with Gasteiger partial charge in [0.1, 0.15) is 5.52 Å². The molecule has 0 unspecified atom stereocenters. The molecule has 3 aromatic rings. The summed E-state index contributed by atoms with van der Waals surface area (Å²) in [5, 5.41) is 4.08. The van der Waals surface area contributed by atoms with Gasteiger partial charge in [0.25, 0.3) is 0 Å². The van der Waals surface area contributed by atoms with Crippen LogP contribution >= 0.6 is 11.8 Å². The van der Waals surface area contributed by atoms with Gasteiger partial charge in [0.2, 0.25) is 0 Å². The Morgan fingerprint density at radius 3 is 2.87 bits per heavy atom. The van der Waals surface area contributed by atoms with Crippen LogP contribution in [0.3, 0.4) is 0 Å². The van der Waals surface area contributed by atoms with E-state index in [-0.39, 0.29) is 0 Å². The summed E-state index contributed by atoms with van der Waals surface area (Å²) in [5.41, 5.74) is 3.93. The minimum atomic E-state index is 0.688. The lowest BCUT2D eigenvalue weighted by atomic mass is 10.2. The van der Waals surface area contributed by atoms with Crippen molar-refractivity contribution in [3.8, 4) is 0 Å². The first-order valence-electron chi connectivity index (χ1n) is 7.48. The molecule has 0 aliphatic carbocycles. The van der Waals surface area contributed by atoms with Crippen molar-refractivity contribution in [2.75, 3.05) is 11.9 Å². The Bertz CT molecular complexity index is 797. The number of H-pyrrole nitrogens is 1. The second-order valence-electron chi connectivity index (χ2n) is 5.36. The molecule has 0 atom stereocenters. The molecule has 118 valence electrons. The van der Waals surface area contributed by atoms with E-state index in [2.05, 4.69) is 44.0 Å². The number of aromatic nitrogens is 4. The number of nitrogens with one attached hydrogen (secondary N) is 2. The molecule has 0 radical (unpaired) electrons. The van der Waals surface area contributed by atoms with Crippen LogP contribution in [-0.2, 0) is 5.75 Å². The number of hydrogen-bond donors (Lipinski definition) is 2. The lowest BCUT2D eigenvalue weighted by Gasteiger charge is -2.08. The normalized spacial score (nSPS) is 10.8. The highest BCUT2D eigenvalue weighted by molar-refractivity contribution is 7.98. The maximum absolute atomic E-state index is 4.62. The summed E-state index contributed by atoms with van der Waals surface area (Å²) in [4.78, 5) is 16.5. The highest BCUT2D eigenvalue weighted by Crippen LogP contribution is 2.24. The SMILES string of the molecule is C=C(C)CCNc1nc(SCc2ccccc2)nc2nc[nH]c12. The monoisotopic (exact) mass is 325 g/mol. The molecule has 0 aliphatic heterocycles. The molecule has 0 bridgehead atoms. The van der Waals surface area contributed by atoms with Gasteiger partial charge in [-0.1, -0.05) is 47.7 Å². The second-order valence-corrected chi connectivity index (χ2v) is 6.31. The quantitative estimate of drug-likeness (QED) is 0.390. The average molecular weight is 325 g/mol. The molecule has 0 saturated carbocycles. The van der Waals surface area contributed by atoms with Crippen LogP contribution in [0.25, 0.3) is 11.2 Å². The molecular formula is C17H19N5S. The van der Waals surface area contributed by atoms with Crippen LogP contribution in [0.1, 0.15) is 18.9 Å². The van der Waals surface area contributed by atoms with Crippen molar-refractivity contribution in [3.05, 3.63) is 54.4 Å². The number of benzene rings is 1. The Labute approximate surface area is 139 Å². The number of imidazole rings is 1. The van der Waals surface area contributed by atoms with E-state index in [1.165, 1.54) is 5.56 Å². The predicted octanol–water partition coefficient (Wildman–Crippen LogP) is 4.02. The summed E-state index contributed by atoms with van der Waals surface area (Å²) in [6.45, 7) is 6.74. The maximum Gasteiger partial charge on any atom is 0.192 e. The fourth-order valence-corrected chi connectivity index (χ4v) is 2.92. The molecular weight excluding hydrogens is 306 g/mol. The second kappa shape index (κ2) is 7.28. The van der Waals surface area contributed by atoms with Crippen molar-refractivity contribution >= 4 is 28.7 Å². The third-order valence-electron chi connectivity index (χ3n) is 3.32. The third-order valence-corrected chi connectivity index (χ3v) is 4.24. The fraction of sp³-hybridized carbons (Fsp3) is 0.235. The number of fused-ring (bicyclic) bond motifs is 1. The van der Waals surface area contributed by atoms with Gasteiger partial charge in [-0.25, -0.2) is 15.0 Å². The summed E-state index contributed by atoms with van der Waals surface area (Å²) in [7, 11) is 0. The van der Waals surface area contributed by atoms with Gasteiger partial charge in [-0.3, -0.25) is 0 Å². The Balaban J connectivity index is 1.76. The zero-order valence-corrected chi connectivity index (χ0v) is 13.9. The van der Waals surface area contributed by atoms with E-state index in [1.807, 2.05) is 25.1 Å². The first-order valence-corrected chi connectivity index (χ1v) is 8.47. The van der Waals surface area contributed by atoms with E-state index in [0.717, 1.165) is 40.8 Å². The number of anilines is 1. The lowest BCUT2D eigenvalue weighted by molar-refractivity contribution is 0.951. The van der Waals surface area contributed by atoms with Gasteiger partial charge < -0.3 is 10.3 Å². The molecule has 3 rings (SSSR count). The average Bonchev–Trinajstić information content (AvgIpc) is 3.02.